The van der Waals surface area contributed by atoms with Crippen molar-refractivity contribution < 1.29 is 5.11 Å². The Hall–Kier alpha value is -1.16. The van der Waals surface area contributed by atoms with E-state index in [1.165, 1.54) is 0 Å². The van der Waals surface area contributed by atoms with Crippen LogP contribution in [-0.4, -0.2) is 15.1 Å². The molecule has 0 bridgehead atoms. The van der Waals surface area contributed by atoms with E-state index in [4.69, 9.17) is 23.2 Å². The van der Waals surface area contributed by atoms with Crippen LogP contribution >= 0.6 is 23.2 Å². The molecule has 0 aliphatic rings. The highest BCUT2D eigenvalue weighted by molar-refractivity contribution is 6.35. The summed E-state index contributed by atoms with van der Waals surface area (Å²) in [6.45, 7) is 1.89. The molecule has 2 rings (SSSR count). The van der Waals surface area contributed by atoms with Gasteiger partial charge in [0.15, 0.2) is 5.82 Å². The van der Waals surface area contributed by atoms with Crippen LogP contribution in [0.5, 0.6) is 0 Å². The van der Waals surface area contributed by atoms with E-state index in [9.17, 15) is 5.11 Å². The van der Waals surface area contributed by atoms with E-state index in [1.807, 2.05) is 6.92 Å². The molecule has 1 N–H and O–H groups in total. The number of nitrogens with zero attached hydrogens (tertiary/aromatic N) is 2. The fourth-order valence-corrected chi connectivity index (χ4v) is 2.14. The molecule has 5 heteroatoms. The van der Waals surface area contributed by atoms with Crippen LogP contribution in [0.1, 0.15) is 23.1 Å². The van der Waals surface area contributed by atoms with E-state index in [2.05, 4.69) is 9.97 Å². The first kappa shape index (κ1) is 13.3. The lowest BCUT2D eigenvalue weighted by Gasteiger charge is -2.12. The summed E-state index contributed by atoms with van der Waals surface area (Å²) < 4.78 is 0. The number of aliphatic hydroxyl groups excluding tert-OH is 1. The van der Waals surface area contributed by atoms with E-state index in [1.54, 1.807) is 30.6 Å². The van der Waals surface area contributed by atoms with E-state index < -0.39 is 6.10 Å². The molecule has 94 valence electrons. The molecule has 0 spiro atoms. The average molecular weight is 283 g/mol. The molecule has 0 fully saturated rings. The minimum absolute atomic E-state index is 0.293. The molecule has 1 heterocycles. The monoisotopic (exact) mass is 282 g/mol. The lowest BCUT2D eigenvalue weighted by molar-refractivity contribution is 0.168. The molecule has 0 aliphatic carbocycles. The van der Waals surface area contributed by atoms with Gasteiger partial charge in [0.2, 0.25) is 0 Å². The Morgan fingerprint density at radius 1 is 1.17 bits per heavy atom. The number of aromatic nitrogens is 2. The Bertz CT molecular complexity index is 523. The van der Waals surface area contributed by atoms with Gasteiger partial charge in [0, 0.05) is 28.9 Å². The molecule has 2 aromatic rings. The molecule has 18 heavy (non-hydrogen) atoms. The molecule has 0 amide bonds. The van der Waals surface area contributed by atoms with Crippen molar-refractivity contribution in [3.05, 3.63) is 57.6 Å². The van der Waals surface area contributed by atoms with E-state index in [0.717, 1.165) is 5.56 Å². The highest BCUT2D eigenvalue weighted by Gasteiger charge is 2.15. The van der Waals surface area contributed by atoms with Crippen molar-refractivity contribution in [2.45, 2.75) is 19.4 Å². The Morgan fingerprint density at radius 2 is 1.72 bits per heavy atom. The smallest absolute Gasteiger partial charge is 0.157 e. The highest BCUT2D eigenvalue weighted by Crippen LogP contribution is 2.28. The highest BCUT2D eigenvalue weighted by atomic mass is 35.5. The number of aryl methyl sites for hydroxylation is 1. The Morgan fingerprint density at radius 3 is 2.28 bits per heavy atom. The maximum absolute atomic E-state index is 10.1. The molecule has 0 aliphatic heterocycles. The summed E-state index contributed by atoms with van der Waals surface area (Å²) in [5, 5.41) is 11.1. The van der Waals surface area contributed by atoms with Crippen LogP contribution in [0.15, 0.2) is 30.6 Å². The molecule has 0 radical (unpaired) electrons. The minimum Gasteiger partial charge on any atom is -0.385 e. The van der Waals surface area contributed by atoms with Gasteiger partial charge in [0.25, 0.3) is 0 Å². The van der Waals surface area contributed by atoms with Crippen molar-refractivity contribution in [3.8, 4) is 0 Å². The molecule has 0 saturated heterocycles. The van der Waals surface area contributed by atoms with Gasteiger partial charge in [-0.25, -0.2) is 9.97 Å². The predicted octanol–water partition coefficient (Wildman–Crippen LogP) is 3.37. The van der Waals surface area contributed by atoms with Crippen LogP contribution in [0.25, 0.3) is 0 Å². The van der Waals surface area contributed by atoms with Crippen LogP contribution in [0.2, 0.25) is 10.0 Å². The average Bonchev–Trinajstić information content (AvgIpc) is 2.34. The van der Waals surface area contributed by atoms with Crippen LogP contribution in [0.3, 0.4) is 0 Å². The number of aliphatic hydroxyl groups is 1. The Balaban J connectivity index is 2.21. The van der Waals surface area contributed by atoms with Crippen LogP contribution < -0.4 is 0 Å². The topological polar surface area (TPSA) is 46.0 Å². The summed E-state index contributed by atoms with van der Waals surface area (Å²) in [7, 11) is 0. The minimum atomic E-state index is -0.817. The second kappa shape index (κ2) is 5.65. The van der Waals surface area contributed by atoms with Crippen molar-refractivity contribution in [2.24, 2.45) is 0 Å². The van der Waals surface area contributed by atoms with Crippen LogP contribution in [-0.2, 0) is 6.42 Å². The molecule has 1 aromatic heterocycles. The quantitative estimate of drug-likeness (QED) is 0.939. The number of hydrogen-bond donors (Lipinski definition) is 1. The first-order chi connectivity index (χ1) is 8.58. The molecule has 1 atom stereocenters. The standard InChI is InChI=1S/C13H12Cl2N2O/c1-8-6-16-13(17-7-8)12(18)5-9-10(14)3-2-4-11(9)15/h2-4,6-7,12,18H,5H2,1H3. The second-order valence-electron chi connectivity index (χ2n) is 4.04. The van der Waals surface area contributed by atoms with Crippen LogP contribution in [0, 0.1) is 6.92 Å². The van der Waals surface area contributed by atoms with Gasteiger partial charge in [-0.1, -0.05) is 29.3 Å². The summed E-state index contributed by atoms with van der Waals surface area (Å²) in [6.07, 6.45) is 2.81. The first-order valence-corrected chi connectivity index (χ1v) is 6.23. The fourth-order valence-electron chi connectivity index (χ4n) is 1.59. The molecular formula is C13H12Cl2N2O. The third-order valence-corrected chi connectivity index (χ3v) is 3.27. The third kappa shape index (κ3) is 2.99. The van der Waals surface area contributed by atoms with E-state index >= 15 is 0 Å². The van der Waals surface area contributed by atoms with E-state index in [0.29, 0.717) is 27.9 Å². The van der Waals surface area contributed by atoms with Crippen LogP contribution in [0.4, 0.5) is 0 Å². The number of halogens is 2. The summed E-state index contributed by atoms with van der Waals surface area (Å²) in [5.41, 5.74) is 1.65. The maximum Gasteiger partial charge on any atom is 0.157 e. The maximum atomic E-state index is 10.1. The summed E-state index contributed by atoms with van der Waals surface area (Å²) >= 11 is 12.1. The lowest BCUT2D eigenvalue weighted by atomic mass is 10.1. The third-order valence-electron chi connectivity index (χ3n) is 2.56. The molecule has 0 saturated carbocycles. The van der Waals surface area contributed by atoms with Crippen molar-refractivity contribution in [2.75, 3.05) is 0 Å². The predicted molar refractivity (Wildman–Crippen MR) is 71.9 cm³/mol. The molecular weight excluding hydrogens is 271 g/mol. The van der Waals surface area contributed by atoms with Gasteiger partial charge in [-0.15, -0.1) is 0 Å². The summed E-state index contributed by atoms with van der Waals surface area (Å²) in [6, 6.07) is 5.25. The fraction of sp³-hybridized carbons (Fsp3) is 0.231. The molecule has 1 aromatic carbocycles. The number of rotatable bonds is 3. The van der Waals surface area contributed by atoms with Gasteiger partial charge < -0.3 is 5.11 Å². The van der Waals surface area contributed by atoms with Gasteiger partial charge >= 0.3 is 0 Å². The number of hydrogen-bond acceptors (Lipinski definition) is 3. The van der Waals surface area contributed by atoms with E-state index in [-0.39, 0.29) is 0 Å². The largest absolute Gasteiger partial charge is 0.385 e. The Labute approximate surface area is 115 Å². The normalized spacial score (nSPS) is 12.4. The van der Waals surface area contributed by atoms with Gasteiger partial charge in [0.1, 0.15) is 6.10 Å². The lowest BCUT2D eigenvalue weighted by Crippen LogP contribution is -2.07. The van der Waals surface area contributed by atoms with Crippen molar-refractivity contribution in [3.63, 3.8) is 0 Å². The van der Waals surface area contributed by atoms with Gasteiger partial charge in [-0.05, 0) is 30.2 Å². The van der Waals surface area contributed by atoms with Gasteiger partial charge in [-0.3, -0.25) is 0 Å². The number of benzene rings is 1. The van der Waals surface area contributed by atoms with Gasteiger partial charge in [-0.2, -0.15) is 0 Å². The Kier molecular flexibility index (Phi) is 4.17. The SMILES string of the molecule is Cc1cnc(C(O)Cc2c(Cl)cccc2Cl)nc1. The molecule has 1 unspecified atom stereocenters. The zero-order valence-corrected chi connectivity index (χ0v) is 11.3. The zero-order chi connectivity index (χ0) is 13.1. The summed E-state index contributed by atoms with van der Waals surface area (Å²) in [4.78, 5) is 8.17. The zero-order valence-electron chi connectivity index (χ0n) is 9.77. The van der Waals surface area contributed by atoms with Gasteiger partial charge in [0.05, 0.1) is 0 Å². The molecule has 3 nitrogen and oxygen atoms in total. The second-order valence-corrected chi connectivity index (χ2v) is 4.85. The van der Waals surface area contributed by atoms with Crippen molar-refractivity contribution in [1.82, 2.24) is 9.97 Å². The van der Waals surface area contributed by atoms with Crippen molar-refractivity contribution >= 4 is 23.2 Å². The first-order valence-electron chi connectivity index (χ1n) is 5.47. The summed E-state index contributed by atoms with van der Waals surface area (Å²) in [5.74, 6) is 0.372. The van der Waals surface area contributed by atoms with Crippen molar-refractivity contribution in [1.29, 1.82) is 0 Å².